The van der Waals surface area contributed by atoms with E-state index in [0.29, 0.717) is 25.9 Å². The number of carbonyl (C=O) groups excluding carboxylic acids is 1. The molecule has 102 valence electrons. The van der Waals surface area contributed by atoms with Gasteiger partial charge >= 0.3 is 5.97 Å². The molecule has 0 atom stereocenters. The topological polar surface area (TPSA) is 111 Å². The lowest BCUT2D eigenvalue weighted by atomic mass is 9.97. The number of nitrogens with zero attached hydrogens (tertiary/aromatic N) is 1. The molecule has 7 nitrogen and oxygen atoms in total. The first kappa shape index (κ1) is 13.1. The highest BCUT2D eigenvalue weighted by atomic mass is 16.4. The number of H-pyrrole nitrogens is 1. The summed E-state index contributed by atoms with van der Waals surface area (Å²) in [5.74, 6) is -2.00. The summed E-state index contributed by atoms with van der Waals surface area (Å²) in [7, 11) is 0. The number of aromatic amines is 1. The number of hydrogen-bond donors (Lipinski definition) is 3. The largest absolute Gasteiger partial charge is 0.494 e. The average Bonchev–Trinajstić information content (AvgIpc) is 2.37. The normalized spacial score (nSPS) is 16.3. The minimum Gasteiger partial charge on any atom is -0.494 e. The fourth-order valence-electron chi connectivity index (χ4n) is 2.16. The highest BCUT2D eigenvalue weighted by Crippen LogP contribution is 2.19. The second kappa shape index (κ2) is 5.13. The number of nitrogens with one attached hydrogen (secondary N) is 1. The Bertz CT molecular complexity index is 557. The zero-order valence-corrected chi connectivity index (χ0v) is 10.1. The number of carbonyl (C=O) groups is 2. The summed E-state index contributed by atoms with van der Waals surface area (Å²) in [5, 5.41) is 18.1. The highest BCUT2D eigenvalue weighted by Gasteiger charge is 2.27. The van der Waals surface area contributed by atoms with E-state index in [1.54, 1.807) is 0 Å². The number of piperidine rings is 1. The predicted molar refractivity (Wildman–Crippen MR) is 65.0 cm³/mol. The molecule has 2 heterocycles. The Morgan fingerprint density at radius 3 is 2.42 bits per heavy atom. The van der Waals surface area contributed by atoms with Gasteiger partial charge in [-0.05, 0) is 12.8 Å². The molecule has 0 saturated carbocycles. The van der Waals surface area contributed by atoms with E-state index in [4.69, 9.17) is 5.11 Å². The van der Waals surface area contributed by atoms with E-state index >= 15 is 0 Å². The van der Waals surface area contributed by atoms with Gasteiger partial charge in [0.25, 0.3) is 11.5 Å². The molecule has 19 heavy (non-hydrogen) atoms. The van der Waals surface area contributed by atoms with Crippen molar-refractivity contribution in [1.29, 1.82) is 0 Å². The summed E-state index contributed by atoms with van der Waals surface area (Å²) in [4.78, 5) is 37.7. The summed E-state index contributed by atoms with van der Waals surface area (Å²) in [6.45, 7) is 0.673. The molecule has 1 amide bonds. The lowest BCUT2D eigenvalue weighted by Crippen LogP contribution is -2.40. The van der Waals surface area contributed by atoms with Gasteiger partial charge in [-0.2, -0.15) is 0 Å². The van der Waals surface area contributed by atoms with Gasteiger partial charge < -0.3 is 15.1 Å². The molecule has 0 radical (unpaired) electrons. The van der Waals surface area contributed by atoms with Crippen molar-refractivity contribution in [3.05, 3.63) is 28.0 Å². The van der Waals surface area contributed by atoms with Crippen molar-refractivity contribution in [2.24, 2.45) is 5.92 Å². The Morgan fingerprint density at radius 1 is 1.26 bits per heavy atom. The van der Waals surface area contributed by atoms with Crippen molar-refractivity contribution >= 4 is 11.9 Å². The van der Waals surface area contributed by atoms with Crippen LogP contribution in [0.5, 0.6) is 5.88 Å². The molecule has 1 saturated heterocycles. The molecule has 1 aromatic heterocycles. The number of likely N-dealkylation sites (tertiary alicyclic amines) is 1. The number of aliphatic carboxylic acids is 1. The molecule has 0 aliphatic carbocycles. The lowest BCUT2D eigenvalue weighted by Gasteiger charge is -2.30. The fourth-order valence-corrected chi connectivity index (χ4v) is 2.16. The van der Waals surface area contributed by atoms with E-state index in [-0.39, 0.29) is 17.4 Å². The smallest absolute Gasteiger partial charge is 0.306 e. The minimum atomic E-state index is -0.846. The van der Waals surface area contributed by atoms with E-state index in [1.165, 1.54) is 11.0 Å². The lowest BCUT2D eigenvalue weighted by molar-refractivity contribution is -0.143. The summed E-state index contributed by atoms with van der Waals surface area (Å²) >= 11 is 0. The summed E-state index contributed by atoms with van der Waals surface area (Å²) in [6, 6.07) is 2.30. The molecule has 3 N–H and O–H groups in total. The van der Waals surface area contributed by atoms with Crippen LogP contribution in [0.15, 0.2) is 16.9 Å². The molecule has 0 aromatic carbocycles. The molecular formula is C12H14N2O5. The monoisotopic (exact) mass is 266 g/mol. The number of hydrogen-bond acceptors (Lipinski definition) is 4. The van der Waals surface area contributed by atoms with Crippen LogP contribution in [-0.4, -0.2) is 45.1 Å². The molecular weight excluding hydrogens is 252 g/mol. The standard InChI is InChI=1S/C12H14N2O5/c15-9-5-8(6-10(16)13-9)11(17)14-3-1-7(2-4-14)12(18)19/h5-7H,1-4H2,(H,18,19)(H2,13,15,16). The minimum absolute atomic E-state index is 0.107. The number of pyridine rings is 1. The first-order valence-electron chi connectivity index (χ1n) is 5.93. The van der Waals surface area contributed by atoms with E-state index in [9.17, 15) is 19.5 Å². The molecule has 0 unspecified atom stereocenters. The van der Waals surface area contributed by atoms with Crippen LogP contribution in [0, 0.1) is 5.92 Å². The zero-order chi connectivity index (χ0) is 14.0. The third-order valence-corrected chi connectivity index (χ3v) is 3.21. The number of amides is 1. The third-order valence-electron chi connectivity index (χ3n) is 3.21. The van der Waals surface area contributed by atoms with Crippen molar-refractivity contribution in [3.8, 4) is 5.88 Å². The maximum Gasteiger partial charge on any atom is 0.306 e. The summed E-state index contributed by atoms with van der Waals surface area (Å²) in [5.41, 5.74) is -0.446. The molecule has 1 aromatic rings. The highest BCUT2D eigenvalue weighted by molar-refractivity contribution is 5.94. The van der Waals surface area contributed by atoms with E-state index in [1.807, 2.05) is 0 Å². The first-order valence-corrected chi connectivity index (χ1v) is 5.93. The Morgan fingerprint density at radius 2 is 1.89 bits per heavy atom. The predicted octanol–water partition coefficient (Wildman–Crippen LogP) is 0.0173. The van der Waals surface area contributed by atoms with Gasteiger partial charge in [0.15, 0.2) is 5.88 Å². The molecule has 0 spiro atoms. The van der Waals surface area contributed by atoms with Crippen LogP contribution in [0.3, 0.4) is 0 Å². The third kappa shape index (κ3) is 2.93. The van der Waals surface area contributed by atoms with Gasteiger partial charge in [-0.15, -0.1) is 0 Å². The van der Waals surface area contributed by atoms with E-state index in [2.05, 4.69) is 4.98 Å². The summed E-state index contributed by atoms with van der Waals surface area (Å²) < 4.78 is 0. The van der Waals surface area contributed by atoms with Gasteiger partial charge in [0.05, 0.1) is 11.5 Å². The van der Waals surface area contributed by atoms with Crippen molar-refractivity contribution in [2.75, 3.05) is 13.1 Å². The van der Waals surface area contributed by atoms with E-state index in [0.717, 1.165) is 6.07 Å². The first-order chi connectivity index (χ1) is 8.97. The van der Waals surface area contributed by atoms with Gasteiger partial charge in [-0.25, -0.2) is 0 Å². The quantitative estimate of drug-likeness (QED) is 0.698. The Balaban J connectivity index is 2.09. The number of rotatable bonds is 2. The van der Waals surface area contributed by atoms with Crippen LogP contribution in [0.2, 0.25) is 0 Å². The second-order valence-electron chi connectivity index (χ2n) is 4.52. The van der Waals surface area contributed by atoms with Gasteiger partial charge in [0.2, 0.25) is 0 Å². The van der Waals surface area contributed by atoms with Gasteiger partial charge in [0, 0.05) is 25.2 Å². The van der Waals surface area contributed by atoms with Gasteiger partial charge in [0.1, 0.15) is 0 Å². The number of carboxylic acids is 1. The Kier molecular flexibility index (Phi) is 3.55. The summed E-state index contributed by atoms with van der Waals surface area (Å²) in [6.07, 6.45) is 0.798. The molecule has 1 aliphatic rings. The Hall–Kier alpha value is -2.31. The molecule has 1 fully saturated rings. The zero-order valence-electron chi connectivity index (χ0n) is 10.1. The maximum absolute atomic E-state index is 12.1. The van der Waals surface area contributed by atoms with Crippen LogP contribution >= 0.6 is 0 Å². The molecule has 1 aliphatic heterocycles. The van der Waals surface area contributed by atoms with Crippen molar-refractivity contribution in [3.63, 3.8) is 0 Å². The van der Waals surface area contributed by atoms with Crippen molar-refractivity contribution in [1.82, 2.24) is 9.88 Å². The number of aromatic hydroxyl groups is 1. The average molecular weight is 266 g/mol. The van der Waals surface area contributed by atoms with E-state index < -0.39 is 17.4 Å². The fraction of sp³-hybridized carbons (Fsp3) is 0.417. The van der Waals surface area contributed by atoms with Crippen LogP contribution < -0.4 is 5.56 Å². The van der Waals surface area contributed by atoms with Crippen molar-refractivity contribution in [2.45, 2.75) is 12.8 Å². The van der Waals surface area contributed by atoms with Crippen LogP contribution in [-0.2, 0) is 4.79 Å². The maximum atomic E-state index is 12.1. The number of aromatic nitrogens is 1. The second-order valence-corrected chi connectivity index (χ2v) is 4.52. The van der Waals surface area contributed by atoms with Crippen LogP contribution in [0.25, 0.3) is 0 Å². The molecule has 2 rings (SSSR count). The number of carboxylic acid groups (broad SMARTS) is 1. The SMILES string of the molecule is O=C(O)C1CCN(C(=O)c2cc(O)[nH]c(=O)c2)CC1. The van der Waals surface area contributed by atoms with Crippen molar-refractivity contribution < 1.29 is 19.8 Å². The Labute approximate surface area is 108 Å². The molecule has 7 heteroatoms. The van der Waals surface area contributed by atoms with Crippen LogP contribution in [0.4, 0.5) is 0 Å². The van der Waals surface area contributed by atoms with Crippen LogP contribution in [0.1, 0.15) is 23.2 Å². The van der Waals surface area contributed by atoms with Gasteiger partial charge in [-0.1, -0.05) is 0 Å². The molecule has 0 bridgehead atoms. The van der Waals surface area contributed by atoms with Gasteiger partial charge in [-0.3, -0.25) is 19.4 Å².